The first-order valence-corrected chi connectivity index (χ1v) is 9.44. The fourth-order valence-electron chi connectivity index (χ4n) is 1.22. The third-order valence-corrected chi connectivity index (χ3v) is 17.8. The van der Waals surface area contributed by atoms with Gasteiger partial charge in [-0.25, -0.2) is 8.78 Å². The summed E-state index contributed by atoms with van der Waals surface area (Å²) >= 11 is 26.7. The number of methoxy groups -OCH3 is 1. The van der Waals surface area contributed by atoms with Crippen LogP contribution in [0.5, 0.6) is 0 Å². The highest BCUT2D eigenvalue weighted by atomic mass is 35.6. The Morgan fingerprint density at radius 3 is 1.53 bits per heavy atom. The molecular weight excluding hydrogens is 404 g/mol. The first-order chi connectivity index (χ1) is 8.09. The minimum absolute atomic E-state index is 0.0891. The highest BCUT2D eigenvalue weighted by Crippen LogP contribution is 3.08. The number of rotatable bonds is 4. The number of ether oxygens (including phenoxy) is 1. The van der Waals surface area contributed by atoms with Gasteiger partial charge in [0.05, 0.1) is 5.94 Å². The minimum atomic E-state index is -7.10. The second-order valence-electron chi connectivity index (χ2n) is 4.32. The maximum Gasteiger partial charge on any atom is 0.426 e. The molecule has 0 bridgehead atoms. The smallest absolute Gasteiger partial charge is 0.376 e. The van der Waals surface area contributed by atoms with Gasteiger partial charge in [0, 0.05) is 7.11 Å². The second-order valence-corrected chi connectivity index (χ2v) is 16.0. The minimum Gasteiger partial charge on any atom is -0.376 e. The van der Waals surface area contributed by atoms with Crippen LogP contribution in [0.2, 0.25) is 0 Å². The predicted octanol–water partition coefficient (Wildman–Crippen LogP) is 5.93. The third kappa shape index (κ3) is 1.79. The standard InChI is InChI=1S/C7H10Cl5F5OS/c1-18-3-19(2,4(8)9,5(13)14,6(10,11)12)7(15,16)17/h4-5H,3H2,1-2H3. The van der Waals surface area contributed by atoms with Crippen molar-refractivity contribution in [3.05, 3.63) is 0 Å². The quantitative estimate of drug-likeness (QED) is 0.409. The van der Waals surface area contributed by atoms with Crippen LogP contribution in [0.4, 0.5) is 22.0 Å². The monoisotopic (exact) mass is 412 g/mol. The largest absolute Gasteiger partial charge is 0.426 e. The van der Waals surface area contributed by atoms with E-state index in [-0.39, 0.29) is 6.26 Å². The van der Waals surface area contributed by atoms with Crippen LogP contribution in [-0.4, -0.2) is 37.9 Å². The lowest BCUT2D eigenvalue weighted by Crippen LogP contribution is -2.66. The van der Waals surface area contributed by atoms with Gasteiger partial charge in [-0.1, -0.05) is 66.3 Å². The molecule has 0 heterocycles. The van der Waals surface area contributed by atoms with Crippen molar-refractivity contribution >= 4 is 66.3 Å². The predicted molar refractivity (Wildman–Crippen MR) is 73.2 cm³/mol. The zero-order valence-corrected chi connectivity index (χ0v) is 14.1. The van der Waals surface area contributed by atoms with Crippen molar-refractivity contribution in [1.29, 1.82) is 0 Å². The highest BCUT2D eigenvalue weighted by Gasteiger charge is 2.92. The molecule has 0 saturated heterocycles. The molecule has 0 N–H and O–H groups in total. The summed E-state index contributed by atoms with van der Waals surface area (Å²) in [7, 11) is -6.34. The molecule has 0 aliphatic carbocycles. The summed E-state index contributed by atoms with van der Waals surface area (Å²) in [6.07, 6.45) is 0.0891. The van der Waals surface area contributed by atoms with Crippen molar-refractivity contribution in [1.82, 2.24) is 0 Å². The lowest BCUT2D eigenvalue weighted by Gasteiger charge is -2.77. The molecule has 0 fully saturated rings. The molecule has 0 aromatic carbocycles. The Labute approximate surface area is 130 Å². The van der Waals surface area contributed by atoms with Gasteiger partial charge in [0.2, 0.25) is 3.12 Å². The molecule has 0 amide bonds. The Bertz CT molecular complexity index is 340. The first kappa shape index (κ1) is 20.4. The Morgan fingerprint density at radius 2 is 1.47 bits per heavy atom. The van der Waals surface area contributed by atoms with Crippen LogP contribution in [0.15, 0.2) is 0 Å². The van der Waals surface area contributed by atoms with Crippen LogP contribution in [0, 0.1) is 0 Å². The fourth-order valence-corrected chi connectivity index (χ4v) is 9.26. The lowest BCUT2D eigenvalue weighted by molar-refractivity contribution is -0.0533. The van der Waals surface area contributed by atoms with Gasteiger partial charge >= 0.3 is 5.51 Å². The maximum absolute atomic E-state index is 13.7. The summed E-state index contributed by atoms with van der Waals surface area (Å²) in [5.41, 5.74) is -5.69. The van der Waals surface area contributed by atoms with Crippen molar-refractivity contribution in [2.24, 2.45) is 0 Å². The average Bonchev–Trinajstić information content (AvgIpc) is 2.13. The summed E-state index contributed by atoms with van der Waals surface area (Å²) in [5, 5.41) is 0. The molecule has 0 spiro atoms. The molecule has 1 nitrogen and oxygen atoms in total. The van der Waals surface area contributed by atoms with E-state index in [0.717, 1.165) is 7.11 Å². The molecule has 19 heavy (non-hydrogen) atoms. The van der Waals surface area contributed by atoms with Gasteiger partial charge in [0.25, 0.3) is 5.76 Å². The summed E-state index contributed by atoms with van der Waals surface area (Å²) in [6, 6.07) is 0. The summed E-state index contributed by atoms with van der Waals surface area (Å²) in [4.78, 5) is 0. The van der Waals surface area contributed by atoms with Crippen molar-refractivity contribution in [3.8, 4) is 0 Å². The van der Waals surface area contributed by atoms with Crippen LogP contribution in [-0.2, 0) is 4.74 Å². The van der Waals surface area contributed by atoms with E-state index in [1.165, 1.54) is 0 Å². The molecule has 0 atom stereocenters. The Hall–Kier alpha value is 1.41. The SMILES string of the molecule is COCS(C)(C(F)F)(C(Cl)Cl)(C(F)(F)F)C(Cl)(Cl)Cl. The van der Waals surface area contributed by atoms with Crippen LogP contribution in [0.1, 0.15) is 0 Å². The molecule has 0 rings (SSSR count). The lowest BCUT2D eigenvalue weighted by atomic mass is 11.5. The van der Waals surface area contributed by atoms with Gasteiger partial charge in [-0.3, -0.25) is 0 Å². The molecule has 12 heteroatoms. The molecule has 0 aliphatic heterocycles. The molecule has 0 saturated carbocycles. The summed E-state index contributed by atoms with van der Waals surface area (Å²) in [5.74, 6) is -5.82. The van der Waals surface area contributed by atoms with E-state index in [1.54, 1.807) is 0 Å². The van der Waals surface area contributed by atoms with E-state index in [2.05, 4.69) is 4.74 Å². The van der Waals surface area contributed by atoms with Gasteiger partial charge < -0.3 is 4.74 Å². The van der Waals surface area contributed by atoms with Crippen molar-refractivity contribution in [2.45, 2.75) is 18.6 Å². The number of hydrogen-bond acceptors (Lipinski definition) is 1. The number of halogens is 10. The van der Waals surface area contributed by atoms with Crippen molar-refractivity contribution in [2.75, 3.05) is 19.3 Å². The molecule has 120 valence electrons. The Balaban J connectivity index is 7.11. The second kappa shape index (κ2) is 4.96. The van der Waals surface area contributed by atoms with E-state index in [1.807, 2.05) is 0 Å². The van der Waals surface area contributed by atoms with Gasteiger partial charge in [0.15, 0.2) is 0 Å². The third-order valence-electron chi connectivity index (χ3n) is 3.22. The van der Waals surface area contributed by atoms with E-state index in [4.69, 9.17) is 58.0 Å². The van der Waals surface area contributed by atoms with Gasteiger partial charge in [0.1, 0.15) is 4.17 Å². The highest BCUT2D eigenvalue weighted by molar-refractivity contribution is 8.69. The first-order valence-electron chi connectivity index (χ1n) is 4.28. The molecule has 0 aliphatic rings. The van der Waals surface area contributed by atoms with Gasteiger partial charge in [-0.05, 0) is 6.26 Å². The molecule has 0 aromatic heterocycles. The Kier molecular flexibility index (Phi) is 5.33. The molecular formula is C7H10Cl5F5OS. The van der Waals surface area contributed by atoms with Crippen LogP contribution in [0.25, 0.3) is 0 Å². The van der Waals surface area contributed by atoms with Gasteiger partial charge in [-0.2, -0.15) is 13.2 Å². The van der Waals surface area contributed by atoms with E-state index >= 15 is 0 Å². The van der Waals surface area contributed by atoms with Crippen LogP contribution < -0.4 is 0 Å². The zero-order valence-electron chi connectivity index (χ0n) is 9.46. The van der Waals surface area contributed by atoms with Crippen LogP contribution in [0.3, 0.4) is 0 Å². The summed E-state index contributed by atoms with van der Waals surface area (Å²) in [6.45, 7) is 0. The summed E-state index contributed by atoms with van der Waals surface area (Å²) < 4.78 is 66.4. The van der Waals surface area contributed by atoms with E-state index in [9.17, 15) is 22.0 Å². The molecule has 0 unspecified atom stereocenters. The van der Waals surface area contributed by atoms with Crippen molar-refractivity contribution < 1.29 is 26.7 Å². The zero-order chi connectivity index (χ0) is 16.0. The topological polar surface area (TPSA) is 9.23 Å². The average molecular weight is 414 g/mol. The van der Waals surface area contributed by atoms with Gasteiger partial charge in [-0.15, -0.1) is 0 Å². The normalized spacial score (nSPS) is 18.6. The Morgan fingerprint density at radius 1 is 1.11 bits per heavy atom. The molecule has 0 aromatic rings. The van der Waals surface area contributed by atoms with Crippen molar-refractivity contribution in [3.63, 3.8) is 0 Å². The number of hydrogen-bond donors (Lipinski definition) is 0. The fraction of sp³-hybridized carbons (Fsp3) is 1.00. The number of alkyl halides is 10. The van der Waals surface area contributed by atoms with Crippen LogP contribution >= 0.6 is 66.3 Å². The van der Waals surface area contributed by atoms with E-state index in [0.29, 0.717) is 0 Å². The maximum atomic E-state index is 13.7. The molecule has 0 radical (unpaired) electrons. The van der Waals surface area contributed by atoms with E-state index < -0.39 is 32.8 Å².